The van der Waals surface area contributed by atoms with Gasteiger partial charge in [0.15, 0.2) is 0 Å². The Labute approximate surface area is 95.4 Å². The van der Waals surface area contributed by atoms with Gasteiger partial charge in [-0.1, -0.05) is 45.0 Å². The molecule has 0 saturated carbocycles. The van der Waals surface area contributed by atoms with Gasteiger partial charge >= 0.3 is 5.97 Å². The predicted molar refractivity (Wildman–Crippen MR) is 62.8 cm³/mol. The van der Waals surface area contributed by atoms with Gasteiger partial charge in [0, 0.05) is 0 Å². The van der Waals surface area contributed by atoms with Crippen LogP contribution in [-0.4, -0.2) is 11.1 Å². The van der Waals surface area contributed by atoms with E-state index in [0.717, 1.165) is 5.56 Å². The third-order valence-electron chi connectivity index (χ3n) is 2.52. The SMILES string of the molecule is CC(C)(C)c1ccc(C(NN)C(=O)O)cc1. The Morgan fingerprint density at radius 3 is 2.12 bits per heavy atom. The van der Waals surface area contributed by atoms with E-state index in [2.05, 4.69) is 26.2 Å². The van der Waals surface area contributed by atoms with Gasteiger partial charge in [0.05, 0.1) is 0 Å². The molecule has 88 valence electrons. The molecule has 4 heteroatoms. The van der Waals surface area contributed by atoms with Crippen molar-refractivity contribution in [2.24, 2.45) is 5.84 Å². The summed E-state index contributed by atoms with van der Waals surface area (Å²) in [5.41, 5.74) is 4.16. The lowest BCUT2D eigenvalue weighted by atomic mass is 9.86. The van der Waals surface area contributed by atoms with Crippen molar-refractivity contribution in [1.82, 2.24) is 5.43 Å². The number of hydrogen-bond acceptors (Lipinski definition) is 3. The number of carboxylic acid groups (broad SMARTS) is 1. The van der Waals surface area contributed by atoms with E-state index in [9.17, 15) is 4.79 Å². The van der Waals surface area contributed by atoms with Crippen LogP contribution in [0.4, 0.5) is 0 Å². The first-order valence-electron chi connectivity index (χ1n) is 5.15. The molecule has 16 heavy (non-hydrogen) atoms. The molecular formula is C12H18N2O2. The Hall–Kier alpha value is -1.39. The van der Waals surface area contributed by atoms with Crippen LogP contribution < -0.4 is 11.3 Å². The van der Waals surface area contributed by atoms with Crippen LogP contribution in [0.5, 0.6) is 0 Å². The van der Waals surface area contributed by atoms with Crippen molar-refractivity contribution in [3.63, 3.8) is 0 Å². The Bertz CT molecular complexity index is 366. The highest BCUT2D eigenvalue weighted by Gasteiger charge is 2.19. The van der Waals surface area contributed by atoms with Crippen LogP contribution in [0.1, 0.15) is 37.9 Å². The second-order valence-corrected chi connectivity index (χ2v) is 4.81. The maximum Gasteiger partial charge on any atom is 0.326 e. The first kappa shape index (κ1) is 12.7. The number of rotatable bonds is 3. The summed E-state index contributed by atoms with van der Waals surface area (Å²) in [6.07, 6.45) is 0. The van der Waals surface area contributed by atoms with Crippen LogP contribution in [0.2, 0.25) is 0 Å². The molecule has 0 aliphatic heterocycles. The lowest BCUT2D eigenvalue weighted by Crippen LogP contribution is -2.33. The highest BCUT2D eigenvalue weighted by molar-refractivity contribution is 5.75. The van der Waals surface area contributed by atoms with Crippen LogP contribution in [-0.2, 0) is 10.2 Å². The third kappa shape index (κ3) is 2.81. The van der Waals surface area contributed by atoms with Gasteiger partial charge in [-0.3, -0.25) is 10.6 Å². The largest absolute Gasteiger partial charge is 0.480 e. The van der Waals surface area contributed by atoms with Crippen LogP contribution in [0.3, 0.4) is 0 Å². The molecule has 1 atom stereocenters. The first-order chi connectivity index (χ1) is 7.36. The van der Waals surface area contributed by atoms with Crippen molar-refractivity contribution >= 4 is 5.97 Å². The number of hydrogen-bond donors (Lipinski definition) is 3. The molecule has 0 amide bonds. The van der Waals surface area contributed by atoms with Gasteiger partial charge in [0.2, 0.25) is 0 Å². The summed E-state index contributed by atoms with van der Waals surface area (Å²) in [5, 5.41) is 8.91. The molecule has 1 aromatic carbocycles. The fourth-order valence-electron chi connectivity index (χ4n) is 1.49. The number of carbonyl (C=O) groups is 1. The topological polar surface area (TPSA) is 75.3 Å². The summed E-state index contributed by atoms with van der Waals surface area (Å²) in [5.74, 6) is 4.22. The molecule has 0 bridgehead atoms. The quantitative estimate of drug-likeness (QED) is 0.536. The van der Waals surface area contributed by atoms with E-state index in [4.69, 9.17) is 10.9 Å². The Kier molecular flexibility index (Phi) is 3.67. The summed E-state index contributed by atoms with van der Waals surface area (Å²) >= 11 is 0. The van der Waals surface area contributed by atoms with Gasteiger partial charge in [0.1, 0.15) is 6.04 Å². The number of aliphatic carboxylic acids is 1. The van der Waals surface area contributed by atoms with Crippen molar-refractivity contribution in [1.29, 1.82) is 0 Å². The average molecular weight is 222 g/mol. The molecular weight excluding hydrogens is 204 g/mol. The van der Waals surface area contributed by atoms with E-state index in [0.29, 0.717) is 5.56 Å². The highest BCUT2D eigenvalue weighted by atomic mass is 16.4. The van der Waals surface area contributed by atoms with Crippen molar-refractivity contribution in [2.75, 3.05) is 0 Å². The molecule has 0 fully saturated rings. The van der Waals surface area contributed by atoms with Gasteiger partial charge in [0.25, 0.3) is 0 Å². The molecule has 0 aromatic heterocycles. The normalized spacial score (nSPS) is 13.5. The summed E-state index contributed by atoms with van der Waals surface area (Å²) in [6.45, 7) is 6.33. The smallest absolute Gasteiger partial charge is 0.326 e. The van der Waals surface area contributed by atoms with Gasteiger partial charge < -0.3 is 5.11 Å². The minimum atomic E-state index is -0.981. The second-order valence-electron chi connectivity index (χ2n) is 4.81. The van der Waals surface area contributed by atoms with Gasteiger partial charge in [-0.15, -0.1) is 0 Å². The van der Waals surface area contributed by atoms with Gasteiger partial charge in [-0.05, 0) is 16.5 Å². The molecule has 1 aromatic rings. The van der Waals surface area contributed by atoms with Gasteiger partial charge in [-0.25, -0.2) is 5.43 Å². The maximum absolute atomic E-state index is 10.9. The van der Waals surface area contributed by atoms with E-state index in [1.807, 2.05) is 12.1 Å². The molecule has 0 aliphatic carbocycles. The molecule has 0 saturated heterocycles. The molecule has 1 unspecified atom stereocenters. The Balaban J connectivity index is 2.98. The van der Waals surface area contributed by atoms with Crippen LogP contribution >= 0.6 is 0 Å². The highest BCUT2D eigenvalue weighted by Crippen LogP contribution is 2.23. The zero-order valence-electron chi connectivity index (χ0n) is 9.82. The molecule has 0 heterocycles. The van der Waals surface area contributed by atoms with Crippen molar-refractivity contribution in [3.05, 3.63) is 35.4 Å². The number of nitrogens with two attached hydrogens (primary N) is 1. The predicted octanol–water partition coefficient (Wildman–Crippen LogP) is 1.57. The molecule has 0 radical (unpaired) electrons. The van der Waals surface area contributed by atoms with E-state index >= 15 is 0 Å². The van der Waals surface area contributed by atoms with Crippen molar-refractivity contribution in [3.8, 4) is 0 Å². The average Bonchev–Trinajstić information content (AvgIpc) is 2.17. The maximum atomic E-state index is 10.9. The molecule has 0 spiro atoms. The summed E-state index contributed by atoms with van der Waals surface area (Å²) < 4.78 is 0. The van der Waals surface area contributed by atoms with Crippen LogP contribution in [0.15, 0.2) is 24.3 Å². The minimum Gasteiger partial charge on any atom is -0.480 e. The number of hydrazine groups is 1. The zero-order valence-corrected chi connectivity index (χ0v) is 9.82. The Morgan fingerprint density at radius 1 is 1.31 bits per heavy atom. The first-order valence-corrected chi connectivity index (χ1v) is 5.15. The number of carboxylic acids is 1. The number of benzene rings is 1. The fourth-order valence-corrected chi connectivity index (χ4v) is 1.49. The van der Waals surface area contributed by atoms with Crippen molar-refractivity contribution in [2.45, 2.75) is 32.2 Å². The summed E-state index contributed by atoms with van der Waals surface area (Å²) in [6, 6.07) is 6.60. The van der Waals surface area contributed by atoms with Crippen LogP contribution in [0, 0.1) is 0 Å². The molecule has 0 aliphatic rings. The lowest BCUT2D eigenvalue weighted by Gasteiger charge is -2.20. The van der Waals surface area contributed by atoms with Crippen molar-refractivity contribution < 1.29 is 9.90 Å². The summed E-state index contributed by atoms with van der Waals surface area (Å²) in [7, 11) is 0. The standard InChI is InChI=1S/C12H18N2O2/c1-12(2,3)9-6-4-8(5-7-9)10(14-13)11(15)16/h4-7,10,14H,13H2,1-3H3,(H,15,16). The van der Waals surface area contributed by atoms with E-state index < -0.39 is 12.0 Å². The second kappa shape index (κ2) is 4.63. The molecule has 1 rings (SSSR count). The monoisotopic (exact) mass is 222 g/mol. The van der Waals surface area contributed by atoms with E-state index in [1.54, 1.807) is 12.1 Å². The minimum absolute atomic E-state index is 0.0629. The third-order valence-corrected chi connectivity index (χ3v) is 2.52. The van der Waals surface area contributed by atoms with Crippen LogP contribution in [0.25, 0.3) is 0 Å². The fraction of sp³-hybridized carbons (Fsp3) is 0.417. The van der Waals surface area contributed by atoms with E-state index in [-0.39, 0.29) is 5.41 Å². The number of nitrogens with one attached hydrogen (secondary N) is 1. The zero-order chi connectivity index (χ0) is 12.3. The molecule has 4 N–H and O–H groups in total. The lowest BCUT2D eigenvalue weighted by molar-refractivity contribution is -0.139. The van der Waals surface area contributed by atoms with E-state index in [1.165, 1.54) is 0 Å². The molecule has 4 nitrogen and oxygen atoms in total. The Morgan fingerprint density at radius 2 is 1.81 bits per heavy atom. The van der Waals surface area contributed by atoms with Gasteiger partial charge in [-0.2, -0.15) is 0 Å². The summed E-state index contributed by atoms with van der Waals surface area (Å²) in [4.78, 5) is 10.9.